The van der Waals surface area contributed by atoms with Gasteiger partial charge in [0.05, 0.1) is 5.69 Å². The van der Waals surface area contributed by atoms with Crippen LogP contribution in [0.5, 0.6) is 0 Å². The number of hydrogen-bond acceptors (Lipinski definition) is 4. The van der Waals surface area contributed by atoms with E-state index in [1.54, 1.807) is 0 Å². The number of halogens is 3. The van der Waals surface area contributed by atoms with Gasteiger partial charge in [-0.25, -0.2) is 4.98 Å². The van der Waals surface area contributed by atoms with Crippen LogP contribution in [-0.4, -0.2) is 26.4 Å². The van der Waals surface area contributed by atoms with E-state index in [4.69, 9.17) is 4.98 Å². The van der Waals surface area contributed by atoms with Crippen LogP contribution in [0.4, 0.5) is 13.2 Å². The van der Waals surface area contributed by atoms with Gasteiger partial charge in [-0.3, -0.25) is 14.7 Å². The first-order valence-corrected chi connectivity index (χ1v) is 9.76. The highest BCUT2D eigenvalue weighted by molar-refractivity contribution is 5.23. The fourth-order valence-electron chi connectivity index (χ4n) is 4.16. The molecule has 2 aliphatic rings. The zero-order chi connectivity index (χ0) is 19.7. The summed E-state index contributed by atoms with van der Waals surface area (Å²) in [5, 5.41) is 0. The number of hydrogen-bond donors (Lipinski definition) is 1. The van der Waals surface area contributed by atoms with Crippen LogP contribution in [0.1, 0.15) is 66.4 Å². The minimum absolute atomic E-state index is 0.0404. The molecule has 8 heteroatoms. The summed E-state index contributed by atoms with van der Waals surface area (Å²) in [4.78, 5) is 25.9. The Morgan fingerprint density at radius 3 is 2.64 bits per heavy atom. The fraction of sp³-hybridized carbons (Fsp3) is 0.550. The SMILES string of the molecule is O=c1[nH]c(C2CCCCC2)nc2c1CCN(Cc1ccc(C(F)(F)F)nc1)C2. The minimum Gasteiger partial charge on any atom is -0.310 e. The van der Waals surface area contributed by atoms with Gasteiger partial charge in [0, 0.05) is 37.3 Å². The lowest BCUT2D eigenvalue weighted by Crippen LogP contribution is -2.35. The van der Waals surface area contributed by atoms with E-state index in [0.717, 1.165) is 36.0 Å². The molecule has 0 bridgehead atoms. The van der Waals surface area contributed by atoms with E-state index in [1.807, 2.05) is 0 Å². The van der Waals surface area contributed by atoms with Crippen molar-refractivity contribution in [3.8, 4) is 0 Å². The molecule has 3 heterocycles. The van der Waals surface area contributed by atoms with E-state index in [9.17, 15) is 18.0 Å². The van der Waals surface area contributed by atoms with E-state index in [0.29, 0.717) is 37.5 Å². The Bertz CT molecular complexity index is 886. The van der Waals surface area contributed by atoms with Gasteiger partial charge >= 0.3 is 6.18 Å². The Hall–Kier alpha value is -2.22. The number of alkyl halides is 3. The summed E-state index contributed by atoms with van der Waals surface area (Å²) in [6.07, 6.45) is 3.12. The van der Waals surface area contributed by atoms with Gasteiger partial charge < -0.3 is 4.98 Å². The van der Waals surface area contributed by atoms with Gasteiger partial charge in [-0.15, -0.1) is 0 Å². The van der Waals surface area contributed by atoms with Crippen LogP contribution in [0, 0.1) is 0 Å². The molecular weight excluding hydrogens is 369 g/mol. The van der Waals surface area contributed by atoms with Crippen molar-refractivity contribution in [3.05, 3.63) is 57.0 Å². The number of nitrogens with zero attached hydrogens (tertiary/aromatic N) is 3. The third-order valence-electron chi connectivity index (χ3n) is 5.68. The van der Waals surface area contributed by atoms with Crippen LogP contribution in [-0.2, 0) is 25.7 Å². The Morgan fingerprint density at radius 2 is 1.96 bits per heavy atom. The van der Waals surface area contributed by atoms with Crippen molar-refractivity contribution >= 4 is 0 Å². The number of fused-ring (bicyclic) bond motifs is 1. The number of nitrogens with one attached hydrogen (secondary N) is 1. The molecule has 2 aromatic rings. The van der Waals surface area contributed by atoms with Crippen LogP contribution in [0.2, 0.25) is 0 Å². The second kappa shape index (κ2) is 7.66. The van der Waals surface area contributed by atoms with Crippen molar-refractivity contribution in [1.82, 2.24) is 19.9 Å². The number of aromatic nitrogens is 3. The van der Waals surface area contributed by atoms with Crippen LogP contribution in [0.3, 0.4) is 0 Å². The monoisotopic (exact) mass is 392 g/mol. The summed E-state index contributed by atoms with van der Waals surface area (Å²) >= 11 is 0. The molecule has 0 amide bonds. The highest BCUT2D eigenvalue weighted by Crippen LogP contribution is 2.31. The van der Waals surface area contributed by atoms with Gasteiger partial charge in [0.1, 0.15) is 11.5 Å². The first-order valence-electron chi connectivity index (χ1n) is 9.76. The van der Waals surface area contributed by atoms with E-state index in [1.165, 1.54) is 31.5 Å². The molecule has 2 aromatic heterocycles. The average Bonchev–Trinajstić information content (AvgIpc) is 2.68. The summed E-state index contributed by atoms with van der Waals surface area (Å²) in [6, 6.07) is 2.47. The Balaban J connectivity index is 1.49. The predicted octanol–water partition coefficient (Wildman–Crippen LogP) is 3.79. The summed E-state index contributed by atoms with van der Waals surface area (Å²) in [7, 11) is 0. The van der Waals surface area contributed by atoms with Crippen molar-refractivity contribution in [3.63, 3.8) is 0 Å². The Morgan fingerprint density at radius 1 is 1.18 bits per heavy atom. The van der Waals surface area contributed by atoms with Crippen LogP contribution in [0.15, 0.2) is 23.1 Å². The number of aromatic amines is 1. The average molecular weight is 392 g/mol. The highest BCUT2D eigenvalue weighted by atomic mass is 19.4. The molecule has 1 N–H and O–H groups in total. The Labute approximate surface area is 161 Å². The maximum atomic E-state index is 12.7. The van der Waals surface area contributed by atoms with Gasteiger partial charge in [0.15, 0.2) is 0 Å². The fourth-order valence-corrected chi connectivity index (χ4v) is 4.16. The van der Waals surface area contributed by atoms with E-state index in [2.05, 4.69) is 14.9 Å². The molecule has 0 spiro atoms. The zero-order valence-corrected chi connectivity index (χ0v) is 15.6. The normalized spacial score (nSPS) is 18.8. The number of H-pyrrole nitrogens is 1. The highest BCUT2D eigenvalue weighted by Gasteiger charge is 2.32. The summed E-state index contributed by atoms with van der Waals surface area (Å²) < 4.78 is 38.0. The van der Waals surface area contributed by atoms with Crippen LogP contribution in [0.25, 0.3) is 0 Å². The molecule has 5 nitrogen and oxygen atoms in total. The quantitative estimate of drug-likeness (QED) is 0.863. The molecule has 28 heavy (non-hydrogen) atoms. The van der Waals surface area contributed by atoms with Crippen molar-refractivity contribution in [1.29, 1.82) is 0 Å². The predicted molar refractivity (Wildman–Crippen MR) is 97.7 cm³/mol. The molecule has 1 saturated carbocycles. The second-order valence-corrected chi connectivity index (χ2v) is 7.72. The largest absolute Gasteiger partial charge is 0.433 e. The van der Waals surface area contributed by atoms with Crippen LogP contribution < -0.4 is 5.56 Å². The lowest BCUT2D eigenvalue weighted by Gasteiger charge is -2.29. The van der Waals surface area contributed by atoms with Crippen LogP contribution >= 0.6 is 0 Å². The maximum Gasteiger partial charge on any atom is 0.433 e. The first-order chi connectivity index (χ1) is 13.4. The molecule has 1 aliphatic heterocycles. The van der Waals surface area contributed by atoms with Crippen molar-refractivity contribution in [2.75, 3.05) is 6.54 Å². The lowest BCUT2D eigenvalue weighted by molar-refractivity contribution is -0.141. The van der Waals surface area contributed by atoms with E-state index >= 15 is 0 Å². The summed E-state index contributed by atoms with van der Waals surface area (Å²) in [5.74, 6) is 1.11. The summed E-state index contributed by atoms with van der Waals surface area (Å²) in [5.41, 5.74) is 1.33. The third kappa shape index (κ3) is 4.11. The molecule has 1 fully saturated rings. The molecule has 0 atom stereocenters. The van der Waals surface area contributed by atoms with Crippen molar-refractivity contribution in [2.24, 2.45) is 0 Å². The van der Waals surface area contributed by atoms with Crippen molar-refractivity contribution in [2.45, 2.75) is 63.7 Å². The standard InChI is InChI=1S/C20H23F3N4O/c21-20(22,23)17-7-6-13(10-24-17)11-27-9-8-15-16(12-27)25-18(26-19(15)28)14-4-2-1-3-5-14/h6-7,10,14H,1-5,8-9,11-12H2,(H,25,26,28). The number of pyridine rings is 1. The number of rotatable bonds is 3. The van der Waals surface area contributed by atoms with Gasteiger partial charge in [-0.1, -0.05) is 25.3 Å². The molecule has 0 saturated heterocycles. The zero-order valence-electron chi connectivity index (χ0n) is 15.6. The van der Waals surface area contributed by atoms with E-state index < -0.39 is 11.9 Å². The smallest absolute Gasteiger partial charge is 0.310 e. The molecule has 0 aromatic carbocycles. The molecule has 4 rings (SSSR count). The molecule has 1 aliphatic carbocycles. The van der Waals surface area contributed by atoms with Gasteiger partial charge in [-0.05, 0) is 30.9 Å². The van der Waals surface area contributed by atoms with Gasteiger partial charge in [0.2, 0.25) is 0 Å². The molecule has 0 unspecified atom stereocenters. The van der Waals surface area contributed by atoms with Crippen molar-refractivity contribution < 1.29 is 13.2 Å². The summed E-state index contributed by atoms with van der Waals surface area (Å²) in [6.45, 7) is 1.68. The Kier molecular flexibility index (Phi) is 5.23. The topological polar surface area (TPSA) is 61.9 Å². The minimum atomic E-state index is -4.43. The van der Waals surface area contributed by atoms with Gasteiger partial charge in [-0.2, -0.15) is 13.2 Å². The first kappa shape index (κ1) is 19.1. The third-order valence-corrected chi connectivity index (χ3v) is 5.68. The van der Waals surface area contributed by atoms with E-state index in [-0.39, 0.29) is 5.56 Å². The molecule has 0 radical (unpaired) electrons. The second-order valence-electron chi connectivity index (χ2n) is 7.72. The lowest BCUT2D eigenvalue weighted by atomic mass is 9.88. The molecule has 150 valence electrons. The van der Waals surface area contributed by atoms with Gasteiger partial charge in [0.25, 0.3) is 5.56 Å². The maximum absolute atomic E-state index is 12.7. The molecular formula is C20H23F3N4O.